The van der Waals surface area contributed by atoms with E-state index in [0.29, 0.717) is 6.61 Å². The molecule has 0 saturated heterocycles. The highest BCUT2D eigenvalue weighted by molar-refractivity contribution is 5.38. The smallest absolute Gasteiger partial charge is 0.122 e. The number of nitrogens with one attached hydrogen (secondary N) is 1. The molecular formula is C18H23NO2. The molecule has 112 valence electrons. The molecule has 0 fully saturated rings. The first-order valence-corrected chi connectivity index (χ1v) is 7.16. The second kappa shape index (κ2) is 7.14. The van der Waals surface area contributed by atoms with E-state index in [1.807, 2.05) is 31.3 Å². The van der Waals surface area contributed by atoms with Crippen LogP contribution in [-0.2, 0) is 0 Å². The summed E-state index contributed by atoms with van der Waals surface area (Å²) in [5.41, 5.74) is 3.63. The molecule has 0 radical (unpaired) electrons. The average Bonchev–Trinajstić information content (AvgIpc) is 2.52. The zero-order valence-electron chi connectivity index (χ0n) is 13.1. The van der Waals surface area contributed by atoms with Crippen LogP contribution in [0.3, 0.4) is 0 Å². The minimum Gasteiger partial charge on any atom is -0.497 e. The molecule has 21 heavy (non-hydrogen) atoms. The first kappa shape index (κ1) is 15.4. The summed E-state index contributed by atoms with van der Waals surface area (Å²) in [6, 6.07) is 14.4. The zero-order valence-corrected chi connectivity index (χ0v) is 13.1. The van der Waals surface area contributed by atoms with Gasteiger partial charge in [0.25, 0.3) is 0 Å². The van der Waals surface area contributed by atoms with Crippen molar-refractivity contribution in [2.45, 2.75) is 19.9 Å². The molecular weight excluding hydrogens is 262 g/mol. The zero-order chi connectivity index (χ0) is 15.2. The molecule has 0 spiro atoms. The molecule has 0 aliphatic rings. The van der Waals surface area contributed by atoms with Crippen molar-refractivity contribution in [3.63, 3.8) is 0 Å². The lowest BCUT2D eigenvalue weighted by Crippen LogP contribution is -2.23. The maximum absolute atomic E-state index is 5.99. The van der Waals surface area contributed by atoms with Gasteiger partial charge >= 0.3 is 0 Å². The number of aryl methyl sites for hydroxylation is 1. The fourth-order valence-electron chi connectivity index (χ4n) is 2.24. The van der Waals surface area contributed by atoms with Crippen molar-refractivity contribution in [1.82, 2.24) is 5.32 Å². The van der Waals surface area contributed by atoms with E-state index in [0.717, 1.165) is 11.5 Å². The van der Waals surface area contributed by atoms with Gasteiger partial charge in [-0.25, -0.2) is 0 Å². The van der Waals surface area contributed by atoms with Crippen molar-refractivity contribution < 1.29 is 9.47 Å². The van der Waals surface area contributed by atoms with Crippen LogP contribution < -0.4 is 14.8 Å². The second-order valence-electron chi connectivity index (χ2n) is 5.12. The van der Waals surface area contributed by atoms with Crippen molar-refractivity contribution in [1.29, 1.82) is 0 Å². The Morgan fingerprint density at radius 1 is 1.05 bits per heavy atom. The first-order chi connectivity index (χ1) is 10.2. The molecule has 0 aliphatic carbocycles. The lowest BCUT2D eigenvalue weighted by atomic mass is 10.1. The fraction of sp³-hybridized carbons (Fsp3) is 0.333. The Morgan fingerprint density at radius 3 is 2.38 bits per heavy atom. The topological polar surface area (TPSA) is 30.5 Å². The molecule has 2 aromatic rings. The largest absolute Gasteiger partial charge is 0.497 e. The number of likely N-dealkylation sites (N-methyl/N-ethyl adjacent to an activating group) is 1. The molecule has 0 heterocycles. The summed E-state index contributed by atoms with van der Waals surface area (Å²) >= 11 is 0. The Labute approximate surface area is 126 Å². The van der Waals surface area contributed by atoms with Crippen LogP contribution in [0.5, 0.6) is 11.5 Å². The quantitative estimate of drug-likeness (QED) is 0.878. The summed E-state index contributed by atoms with van der Waals surface area (Å²) < 4.78 is 11.2. The van der Waals surface area contributed by atoms with Crippen molar-refractivity contribution in [3.05, 3.63) is 59.2 Å². The fourth-order valence-corrected chi connectivity index (χ4v) is 2.24. The standard InChI is InChI=1S/C18H23NO2/c1-13-6-5-7-18(14(13)2)21-12-17(19-3)15-8-10-16(20-4)11-9-15/h5-11,17,19H,12H2,1-4H3. The highest BCUT2D eigenvalue weighted by atomic mass is 16.5. The molecule has 3 heteroatoms. The lowest BCUT2D eigenvalue weighted by Gasteiger charge is -2.19. The SMILES string of the molecule is CNC(COc1cccc(C)c1C)c1ccc(OC)cc1. The van der Waals surface area contributed by atoms with E-state index in [2.05, 4.69) is 37.4 Å². The van der Waals surface area contributed by atoms with Gasteiger partial charge in [-0.15, -0.1) is 0 Å². The summed E-state index contributed by atoms with van der Waals surface area (Å²) in [4.78, 5) is 0. The molecule has 0 aliphatic heterocycles. The molecule has 0 amide bonds. The van der Waals surface area contributed by atoms with E-state index < -0.39 is 0 Å². The highest BCUT2D eigenvalue weighted by Crippen LogP contribution is 2.23. The van der Waals surface area contributed by atoms with Gasteiger partial charge in [0.2, 0.25) is 0 Å². The van der Waals surface area contributed by atoms with Gasteiger partial charge < -0.3 is 14.8 Å². The second-order valence-corrected chi connectivity index (χ2v) is 5.12. The number of benzene rings is 2. The van der Waals surface area contributed by atoms with Gasteiger partial charge in [0.1, 0.15) is 18.1 Å². The maximum atomic E-state index is 5.99. The number of methoxy groups -OCH3 is 1. The van der Waals surface area contributed by atoms with Gasteiger partial charge in [0.15, 0.2) is 0 Å². The van der Waals surface area contributed by atoms with E-state index in [-0.39, 0.29) is 6.04 Å². The summed E-state index contributed by atoms with van der Waals surface area (Å²) in [5.74, 6) is 1.81. The van der Waals surface area contributed by atoms with Crippen LogP contribution in [0, 0.1) is 13.8 Å². The van der Waals surface area contributed by atoms with Gasteiger partial charge in [-0.1, -0.05) is 24.3 Å². The van der Waals surface area contributed by atoms with Gasteiger partial charge in [0.05, 0.1) is 13.2 Å². The van der Waals surface area contributed by atoms with Crippen LogP contribution in [0.25, 0.3) is 0 Å². The molecule has 3 nitrogen and oxygen atoms in total. The average molecular weight is 285 g/mol. The molecule has 0 bridgehead atoms. The molecule has 1 N–H and O–H groups in total. The predicted octanol–water partition coefficient (Wildman–Crippen LogP) is 3.65. The van der Waals surface area contributed by atoms with E-state index >= 15 is 0 Å². The summed E-state index contributed by atoms with van der Waals surface area (Å²) in [5, 5.41) is 3.29. The van der Waals surface area contributed by atoms with Crippen LogP contribution >= 0.6 is 0 Å². The summed E-state index contributed by atoms with van der Waals surface area (Å²) in [6.45, 7) is 4.78. The third-order valence-corrected chi connectivity index (χ3v) is 3.83. The van der Waals surface area contributed by atoms with E-state index in [9.17, 15) is 0 Å². The van der Waals surface area contributed by atoms with Crippen LogP contribution in [0.15, 0.2) is 42.5 Å². The van der Waals surface area contributed by atoms with Crippen LogP contribution in [-0.4, -0.2) is 20.8 Å². The molecule has 0 aromatic heterocycles. The number of hydrogen-bond acceptors (Lipinski definition) is 3. The predicted molar refractivity (Wildman–Crippen MR) is 86.2 cm³/mol. The van der Waals surface area contributed by atoms with E-state index in [1.54, 1.807) is 7.11 Å². The van der Waals surface area contributed by atoms with Crippen molar-refractivity contribution >= 4 is 0 Å². The van der Waals surface area contributed by atoms with Gasteiger partial charge in [-0.05, 0) is 55.8 Å². The molecule has 0 saturated carbocycles. The van der Waals surface area contributed by atoms with Crippen molar-refractivity contribution in [2.24, 2.45) is 0 Å². The Balaban J connectivity index is 2.06. The summed E-state index contributed by atoms with van der Waals surface area (Å²) in [7, 11) is 3.62. The number of ether oxygens (including phenoxy) is 2. The van der Waals surface area contributed by atoms with E-state index in [1.165, 1.54) is 16.7 Å². The van der Waals surface area contributed by atoms with Crippen LogP contribution in [0.2, 0.25) is 0 Å². The van der Waals surface area contributed by atoms with Crippen molar-refractivity contribution in [2.75, 3.05) is 20.8 Å². The van der Waals surface area contributed by atoms with Gasteiger partial charge in [-0.2, -0.15) is 0 Å². The minimum atomic E-state index is 0.149. The van der Waals surface area contributed by atoms with Gasteiger partial charge in [0, 0.05) is 0 Å². The van der Waals surface area contributed by atoms with Gasteiger partial charge in [-0.3, -0.25) is 0 Å². The van der Waals surface area contributed by atoms with Crippen LogP contribution in [0.1, 0.15) is 22.7 Å². The third kappa shape index (κ3) is 3.76. The first-order valence-electron chi connectivity index (χ1n) is 7.16. The lowest BCUT2D eigenvalue weighted by molar-refractivity contribution is 0.271. The summed E-state index contributed by atoms with van der Waals surface area (Å²) in [6.07, 6.45) is 0. The van der Waals surface area contributed by atoms with Crippen molar-refractivity contribution in [3.8, 4) is 11.5 Å². The Morgan fingerprint density at radius 2 is 1.76 bits per heavy atom. The monoisotopic (exact) mass is 285 g/mol. The Bertz CT molecular complexity index is 578. The molecule has 2 rings (SSSR count). The maximum Gasteiger partial charge on any atom is 0.122 e. The molecule has 1 atom stereocenters. The number of hydrogen-bond donors (Lipinski definition) is 1. The van der Waals surface area contributed by atoms with Crippen LogP contribution in [0.4, 0.5) is 0 Å². The normalized spacial score (nSPS) is 12.0. The third-order valence-electron chi connectivity index (χ3n) is 3.83. The number of rotatable bonds is 6. The highest BCUT2D eigenvalue weighted by Gasteiger charge is 2.11. The Kier molecular flexibility index (Phi) is 5.23. The Hall–Kier alpha value is -2.00. The van der Waals surface area contributed by atoms with E-state index in [4.69, 9.17) is 9.47 Å². The minimum absolute atomic E-state index is 0.149. The molecule has 2 aromatic carbocycles. The molecule has 1 unspecified atom stereocenters.